The van der Waals surface area contributed by atoms with Gasteiger partial charge in [-0.05, 0) is 201 Å². The highest BCUT2D eigenvalue weighted by Crippen LogP contribution is 2.46. The average Bonchev–Trinajstić information content (AvgIpc) is 3.99. The second-order valence-corrected chi connectivity index (χ2v) is 23.4. The summed E-state index contributed by atoms with van der Waals surface area (Å²) >= 11 is 0. The number of oxime groups is 2. The van der Waals surface area contributed by atoms with E-state index in [1.807, 2.05) is 65.8 Å². The number of hydrogen-bond acceptors (Lipinski definition) is 12. The number of carboxylic acids is 1. The summed E-state index contributed by atoms with van der Waals surface area (Å²) in [6, 6.07) is 43.4. The summed E-state index contributed by atoms with van der Waals surface area (Å²) in [4.78, 5) is 28.8. The van der Waals surface area contributed by atoms with Crippen LogP contribution in [0.3, 0.4) is 0 Å². The van der Waals surface area contributed by atoms with Crippen LogP contribution in [0.2, 0.25) is 0 Å². The second kappa shape index (κ2) is 25.1. The van der Waals surface area contributed by atoms with E-state index in [1.165, 1.54) is 33.4 Å². The summed E-state index contributed by atoms with van der Waals surface area (Å²) in [6.45, 7) is 23.2. The Balaban J connectivity index is 0.000000180. The van der Waals surface area contributed by atoms with Crippen LogP contribution < -0.4 is 20.5 Å². The number of carbonyl (C=O) groups excluding carboxylic acids is 1. The third kappa shape index (κ3) is 14.0. The molecule has 6 aromatic rings. The van der Waals surface area contributed by atoms with Gasteiger partial charge in [0.2, 0.25) is 0 Å². The molecule has 4 aliphatic rings. The molecule has 81 heavy (non-hydrogen) atoms. The van der Waals surface area contributed by atoms with Gasteiger partial charge in [-0.1, -0.05) is 95.2 Å². The van der Waals surface area contributed by atoms with E-state index >= 15 is 0 Å². The molecule has 0 saturated carbocycles. The van der Waals surface area contributed by atoms with Gasteiger partial charge in [0.15, 0.2) is 11.7 Å². The van der Waals surface area contributed by atoms with E-state index in [9.17, 15) is 14.8 Å². The SMILES string of the molecule is CC1(C)OCC2(CCc3ccc(/C(N)=N\O)cc3C2)N1Cc1ccccc1.Cc1cc(C(=O)N/C(=N\O)c2ccc3c(c2)CC2(CC3)COC(C)(C)N2Cc2ccccc2)ccc1OC(C)C.Cc1cc(C(=O)O)ccc1OC(C)C. The standard InChI is InChI=1S/C33H39N3O4.C22H27N3O2.C11H14O3/c1-22(2)40-29-14-13-27(17-23(29)3)31(37)34-30(35-38)26-12-11-25-15-16-33(19-28(25)18-26)21-39-32(4,5)36(33)20-24-9-7-6-8-10-24;1-21(2)25(14-16-6-4-3-5-7-16)22(15-27-21)11-10-17-8-9-18(20(23)24-26)12-19(17)13-22;1-7(2)14-10-5-4-9(11(12)13)6-8(10)3/h6-14,17-18,22,38H,15-16,19-21H2,1-5H3,(H,34,35,37);3-9,12,26H,10-11,13-15H2,1-2H3,(H2,23,24);4-7H,1-3H3,(H,12,13). The van der Waals surface area contributed by atoms with Gasteiger partial charge in [-0.3, -0.25) is 14.6 Å². The zero-order valence-corrected chi connectivity index (χ0v) is 48.6. The fraction of sp³-hybridized carbons (Fsp3) is 0.394. The zero-order valence-electron chi connectivity index (χ0n) is 48.6. The summed E-state index contributed by atoms with van der Waals surface area (Å²) < 4.78 is 23.9. The van der Waals surface area contributed by atoms with Gasteiger partial charge in [-0.25, -0.2) is 4.79 Å². The van der Waals surface area contributed by atoms with Gasteiger partial charge < -0.3 is 45.5 Å². The number of carboxylic acid groups (broad SMARTS) is 1. The summed E-state index contributed by atoms with van der Waals surface area (Å²) in [7, 11) is 0. The molecule has 1 amide bonds. The Kier molecular flexibility index (Phi) is 18.4. The lowest BCUT2D eigenvalue weighted by Gasteiger charge is -2.45. The van der Waals surface area contributed by atoms with Gasteiger partial charge in [-0.2, -0.15) is 0 Å². The Morgan fingerprint density at radius 3 is 1.46 bits per heavy atom. The van der Waals surface area contributed by atoms with E-state index in [0.717, 1.165) is 86.4 Å². The highest BCUT2D eigenvalue weighted by molar-refractivity contribution is 6.12. The largest absolute Gasteiger partial charge is 0.491 e. The minimum atomic E-state index is -0.913. The van der Waals surface area contributed by atoms with Gasteiger partial charge in [0.25, 0.3) is 5.91 Å². The van der Waals surface area contributed by atoms with Crippen molar-refractivity contribution >= 4 is 23.5 Å². The molecule has 10 rings (SSSR count). The third-order valence-electron chi connectivity index (χ3n) is 16.0. The quantitative estimate of drug-likeness (QED) is 0.0337. The lowest BCUT2D eigenvalue weighted by atomic mass is 9.76. The lowest BCUT2D eigenvalue weighted by molar-refractivity contribution is -0.0676. The van der Waals surface area contributed by atoms with Gasteiger partial charge >= 0.3 is 5.97 Å². The van der Waals surface area contributed by atoms with E-state index in [2.05, 4.69) is 126 Å². The number of rotatable bonds is 12. The van der Waals surface area contributed by atoms with Crippen molar-refractivity contribution in [1.82, 2.24) is 15.1 Å². The molecule has 15 heteroatoms. The van der Waals surface area contributed by atoms with Gasteiger partial charge in [0.05, 0.1) is 42.1 Å². The monoisotopic (exact) mass is 1100 g/mol. The van der Waals surface area contributed by atoms with Crippen LogP contribution in [-0.2, 0) is 48.2 Å². The number of hydrogen-bond donors (Lipinski definition) is 5. The first kappa shape index (κ1) is 59.6. The zero-order chi connectivity index (χ0) is 58.3. The second-order valence-electron chi connectivity index (χ2n) is 23.4. The molecule has 15 nitrogen and oxygen atoms in total. The molecule has 2 heterocycles. The van der Waals surface area contributed by atoms with Crippen molar-refractivity contribution in [3.63, 3.8) is 0 Å². The van der Waals surface area contributed by atoms with Crippen LogP contribution >= 0.6 is 0 Å². The molecule has 2 spiro atoms. The Bertz CT molecular complexity index is 3250. The number of benzene rings is 6. The number of nitrogens with two attached hydrogens (primary N) is 1. The van der Waals surface area contributed by atoms with Crippen molar-refractivity contribution in [2.75, 3.05) is 13.2 Å². The Labute approximate surface area is 477 Å². The molecular formula is C66H80N6O9. The summed E-state index contributed by atoms with van der Waals surface area (Å²) in [5.41, 5.74) is 16.5. The molecule has 0 radical (unpaired) electrons. The molecule has 428 valence electrons. The highest BCUT2D eigenvalue weighted by atomic mass is 16.5. The molecular weight excluding hydrogens is 1020 g/mol. The van der Waals surface area contributed by atoms with Crippen molar-refractivity contribution in [2.45, 2.75) is 156 Å². The lowest BCUT2D eigenvalue weighted by Crippen LogP contribution is -2.54. The Hall–Kier alpha value is -7.56. The summed E-state index contributed by atoms with van der Waals surface area (Å²) in [5, 5.41) is 37.0. The predicted octanol–water partition coefficient (Wildman–Crippen LogP) is 11.6. The van der Waals surface area contributed by atoms with E-state index in [-0.39, 0.29) is 52.3 Å². The first-order chi connectivity index (χ1) is 38.5. The van der Waals surface area contributed by atoms with Crippen molar-refractivity contribution < 1.29 is 44.1 Å². The third-order valence-corrected chi connectivity index (χ3v) is 16.0. The molecule has 2 fully saturated rings. The predicted molar refractivity (Wildman–Crippen MR) is 316 cm³/mol. The molecule has 2 saturated heterocycles. The number of amidine groups is 2. The van der Waals surface area contributed by atoms with Crippen molar-refractivity contribution in [2.24, 2.45) is 16.0 Å². The molecule has 2 unspecified atom stereocenters. The number of fused-ring (bicyclic) bond motifs is 2. The molecule has 0 aromatic heterocycles. The van der Waals surface area contributed by atoms with Crippen LogP contribution in [-0.4, -0.2) is 96.8 Å². The van der Waals surface area contributed by atoms with Crippen LogP contribution in [0.15, 0.2) is 144 Å². The number of carbonyl (C=O) groups is 2. The normalized spacial score (nSPS) is 20.2. The molecule has 2 atom stereocenters. The van der Waals surface area contributed by atoms with Gasteiger partial charge in [0.1, 0.15) is 22.9 Å². The van der Waals surface area contributed by atoms with Crippen LogP contribution in [0.25, 0.3) is 0 Å². The number of nitrogens with one attached hydrogen (secondary N) is 1. The van der Waals surface area contributed by atoms with E-state index in [1.54, 1.807) is 36.4 Å². The highest BCUT2D eigenvalue weighted by Gasteiger charge is 2.54. The summed E-state index contributed by atoms with van der Waals surface area (Å²) in [5.74, 6) is 0.500. The maximum absolute atomic E-state index is 13.1. The first-order valence-electron chi connectivity index (χ1n) is 28.0. The number of aromatic carboxylic acids is 1. The average molecular weight is 1100 g/mol. The molecule has 6 aromatic carbocycles. The van der Waals surface area contributed by atoms with Crippen LogP contribution in [0, 0.1) is 13.8 Å². The first-order valence-corrected chi connectivity index (χ1v) is 28.0. The fourth-order valence-electron chi connectivity index (χ4n) is 11.8. The number of ether oxygens (including phenoxy) is 4. The van der Waals surface area contributed by atoms with E-state index < -0.39 is 5.97 Å². The van der Waals surface area contributed by atoms with E-state index in [0.29, 0.717) is 23.3 Å². The molecule has 6 N–H and O–H groups in total. The Morgan fingerprint density at radius 2 is 1.02 bits per heavy atom. The maximum Gasteiger partial charge on any atom is 0.335 e. The molecule has 2 aliphatic carbocycles. The Morgan fingerprint density at radius 1 is 0.593 bits per heavy atom. The van der Waals surface area contributed by atoms with Crippen molar-refractivity contribution in [3.05, 3.63) is 200 Å². The minimum Gasteiger partial charge on any atom is -0.491 e. The van der Waals surface area contributed by atoms with Gasteiger partial charge in [-0.15, -0.1) is 0 Å². The smallest absolute Gasteiger partial charge is 0.335 e. The maximum atomic E-state index is 13.1. The minimum absolute atomic E-state index is 0.0317. The topological polar surface area (TPSA) is 201 Å². The van der Waals surface area contributed by atoms with E-state index in [4.69, 9.17) is 35.0 Å². The fourth-order valence-corrected chi connectivity index (χ4v) is 11.8. The van der Waals surface area contributed by atoms with Crippen LogP contribution in [0.4, 0.5) is 0 Å². The number of aryl methyl sites for hydroxylation is 4. The number of nitrogens with zero attached hydrogens (tertiary/aromatic N) is 4. The summed E-state index contributed by atoms with van der Waals surface area (Å²) in [6.07, 6.45) is 5.88. The molecule has 2 aliphatic heterocycles. The van der Waals surface area contributed by atoms with Crippen LogP contribution in [0.5, 0.6) is 11.5 Å². The van der Waals surface area contributed by atoms with Crippen LogP contribution in [0.1, 0.15) is 145 Å². The van der Waals surface area contributed by atoms with Crippen molar-refractivity contribution in [1.29, 1.82) is 0 Å². The van der Waals surface area contributed by atoms with Gasteiger partial charge in [0, 0.05) is 29.8 Å². The molecule has 0 bridgehead atoms. The van der Waals surface area contributed by atoms with Crippen molar-refractivity contribution in [3.8, 4) is 11.5 Å². The number of amides is 1.